The normalized spacial score (nSPS) is 21.4. The van der Waals surface area contributed by atoms with Gasteiger partial charge in [0.1, 0.15) is 22.5 Å². The molecule has 1 saturated carbocycles. The third-order valence-corrected chi connectivity index (χ3v) is 9.55. The second-order valence-electron chi connectivity index (χ2n) is 12.5. The molecule has 1 fully saturated rings. The molecule has 12 nitrogen and oxygen atoms in total. The van der Waals surface area contributed by atoms with Crippen molar-refractivity contribution in [1.82, 2.24) is 30.8 Å². The zero-order valence-electron chi connectivity index (χ0n) is 26.6. The lowest BCUT2D eigenvalue weighted by atomic mass is 9.97. The zero-order valence-corrected chi connectivity index (χ0v) is 27.5. The highest BCUT2D eigenvalue weighted by atomic mass is 32.1. The summed E-state index contributed by atoms with van der Waals surface area (Å²) in [6.07, 6.45) is 3.96. The van der Waals surface area contributed by atoms with Crippen LogP contribution in [-0.4, -0.2) is 63.7 Å². The van der Waals surface area contributed by atoms with Crippen LogP contribution in [0.2, 0.25) is 0 Å². The summed E-state index contributed by atoms with van der Waals surface area (Å²) in [5, 5.41) is 11.2. The van der Waals surface area contributed by atoms with Crippen molar-refractivity contribution in [3.63, 3.8) is 0 Å². The fraction of sp³-hybridized carbons (Fsp3) is 0.515. The number of benzene rings is 1. The van der Waals surface area contributed by atoms with Gasteiger partial charge in [0.25, 0.3) is 11.8 Å². The van der Waals surface area contributed by atoms with Gasteiger partial charge >= 0.3 is 0 Å². The van der Waals surface area contributed by atoms with E-state index < -0.39 is 23.5 Å². The summed E-state index contributed by atoms with van der Waals surface area (Å²) in [6.45, 7) is 6.34. The van der Waals surface area contributed by atoms with Gasteiger partial charge in [-0.1, -0.05) is 57.0 Å². The molecule has 46 heavy (non-hydrogen) atoms. The van der Waals surface area contributed by atoms with E-state index in [4.69, 9.17) is 10.2 Å². The summed E-state index contributed by atoms with van der Waals surface area (Å²) < 4.78 is 6.00. The minimum atomic E-state index is -0.929. The van der Waals surface area contributed by atoms with Gasteiger partial charge in [-0.15, -0.1) is 11.3 Å². The third-order valence-electron chi connectivity index (χ3n) is 8.63. The van der Waals surface area contributed by atoms with E-state index in [9.17, 15) is 19.2 Å². The van der Waals surface area contributed by atoms with Crippen LogP contribution in [0.5, 0.6) is 0 Å². The van der Waals surface area contributed by atoms with Gasteiger partial charge in [0.2, 0.25) is 17.7 Å². The van der Waals surface area contributed by atoms with Crippen LogP contribution in [-0.2, 0) is 16.0 Å². The van der Waals surface area contributed by atoms with Crippen molar-refractivity contribution in [3.8, 4) is 0 Å². The molecule has 3 heterocycles. The third kappa shape index (κ3) is 7.81. The van der Waals surface area contributed by atoms with Crippen LogP contribution in [0.3, 0.4) is 0 Å². The number of fused-ring (bicyclic) bond motifs is 4. The lowest BCUT2D eigenvalue weighted by molar-refractivity contribution is -0.137. The molecule has 5 rings (SSSR count). The SMILES string of the molecule is Cc1oc2nc1C(=O)N[C@@H](C(C)C)c1nc(cs1)C(=O)NCCN(C(=O)C1(N)CCCC1)CCCC(=O)N[C@H]2Cc1ccccc1. The van der Waals surface area contributed by atoms with Crippen molar-refractivity contribution < 1.29 is 23.6 Å². The number of aromatic nitrogens is 2. The highest BCUT2D eigenvalue weighted by Gasteiger charge is 2.40. The predicted octanol–water partition coefficient (Wildman–Crippen LogP) is 3.59. The van der Waals surface area contributed by atoms with Crippen molar-refractivity contribution in [1.29, 1.82) is 0 Å². The number of amides is 4. The van der Waals surface area contributed by atoms with E-state index in [-0.39, 0.29) is 60.4 Å². The Morgan fingerprint density at radius 1 is 1.07 bits per heavy atom. The molecule has 0 spiro atoms. The lowest BCUT2D eigenvalue weighted by Gasteiger charge is -2.31. The maximum absolute atomic E-state index is 13.6. The van der Waals surface area contributed by atoms with E-state index in [0.717, 1.165) is 18.4 Å². The van der Waals surface area contributed by atoms with Gasteiger partial charge in [0.15, 0.2) is 5.69 Å². The molecule has 2 atom stereocenters. The van der Waals surface area contributed by atoms with Crippen LogP contribution in [0.1, 0.15) is 108 Å². The van der Waals surface area contributed by atoms with E-state index in [2.05, 4.69) is 25.9 Å². The number of hydrogen-bond acceptors (Lipinski definition) is 9. The number of carbonyl (C=O) groups is 4. The fourth-order valence-electron chi connectivity index (χ4n) is 6.03. The Hall–Kier alpha value is -4.10. The molecule has 2 aromatic heterocycles. The Balaban J connectivity index is 1.45. The van der Waals surface area contributed by atoms with Gasteiger partial charge in [-0.3, -0.25) is 19.2 Å². The molecule has 1 aromatic carbocycles. The van der Waals surface area contributed by atoms with Gasteiger partial charge in [-0.25, -0.2) is 9.97 Å². The molecule has 0 saturated heterocycles. The Morgan fingerprint density at radius 2 is 1.80 bits per heavy atom. The van der Waals surface area contributed by atoms with Crippen molar-refractivity contribution in [2.24, 2.45) is 11.7 Å². The number of aryl methyl sites for hydroxylation is 1. The van der Waals surface area contributed by atoms with Crippen molar-refractivity contribution >= 4 is 35.0 Å². The summed E-state index contributed by atoms with van der Waals surface area (Å²) in [5.41, 5.74) is 6.92. The average Bonchev–Trinajstić information content (AvgIpc) is 3.79. The minimum absolute atomic E-state index is 0.0422. The Labute approximate surface area is 272 Å². The maximum atomic E-state index is 13.6. The molecule has 5 N–H and O–H groups in total. The number of thiazole rings is 1. The quantitative estimate of drug-likeness (QED) is 0.332. The van der Waals surface area contributed by atoms with Gasteiger partial charge < -0.3 is 31.0 Å². The number of nitrogens with zero attached hydrogens (tertiary/aromatic N) is 3. The van der Waals surface area contributed by atoms with Crippen molar-refractivity contribution in [2.75, 3.05) is 19.6 Å². The average molecular weight is 650 g/mol. The van der Waals surface area contributed by atoms with Crippen molar-refractivity contribution in [2.45, 2.75) is 83.3 Å². The number of hydrogen-bond donors (Lipinski definition) is 4. The first-order valence-electron chi connectivity index (χ1n) is 16.0. The molecule has 1 aliphatic heterocycles. The summed E-state index contributed by atoms with van der Waals surface area (Å²) >= 11 is 1.29. The number of nitrogens with two attached hydrogens (primary N) is 1. The molecule has 3 aromatic rings. The number of carbonyl (C=O) groups excluding carboxylic acids is 4. The topological polar surface area (TPSA) is 173 Å². The van der Waals surface area contributed by atoms with Crippen LogP contribution in [0.25, 0.3) is 0 Å². The number of oxazole rings is 1. The molecular weight excluding hydrogens is 606 g/mol. The summed E-state index contributed by atoms with van der Waals surface area (Å²) in [5.74, 6) is -0.688. The van der Waals surface area contributed by atoms with E-state index in [0.29, 0.717) is 43.0 Å². The van der Waals surface area contributed by atoms with Crippen LogP contribution in [0.15, 0.2) is 40.1 Å². The van der Waals surface area contributed by atoms with E-state index in [1.807, 2.05) is 44.2 Å². The Morgan fingerprint density at radius 3 is 2.52 bits per heavy atom. The molecule has 0 radical (unpaired) electrons. The summed E-state index contributed by atoms with van der Waals surface area (Å²) in [6, 6.07) is 8.56. The molecule has 4 bridgehead atoms. The Kier molecular flexibility index (Phi) is 10.5. The lowest BCUT2D eigenvalue weighted by Crippen LogP contribution is -2.55. The van der Waals surface area contributed by atoms with Crippen LogP contribution in [0.4, 0.5) is 0 Å². The first-order valence-corrected chi connectivity index (χ1v) is 16.9. The molecule has 0 unspecified atom stereocenters. The molecule has 4 amide bonds. The van der Waals surface area contributed by atoms with Crippen LogP contribution in [0, 0.1) is 12.8 Å². The predicted molar refractivity (Wildman–Crippen MR) is 173 cm³/mol. The van der Waals surface area contributed by atoms with E-state index >= 15 is 0 Å². The summed E-state index contributed by atoms with van der Waals surface area (Å²) in [4.78, 5) is 64.2. The zero-order chi connectivity index (χ0) is 32.8. The molecule has 1 aliphatic carbocycles. The van der Waals surface area contributed by atoms with E-state index in [1.165, 1.54) is 11.3 Å². The standard InChI is InChI=1S/C33H43N7O5S/c1-20(2)26-31-37-24(19-46-31)28(42)35-15-17-40(32(44)33(34)13-7-8-14-33)16-9-12-25(41)36-23(18-22-10-5-4-6-11-22)30-39-27(21(3)45-30)29(43)38-26/h4-6,10-11,19-20,23,26H,7-9,12-18,34H2,1-3H3,(H,35,42)(H,36,41)(H,38,43)/t23-,26-/m0/s1. The fourth-order valence-corrected chi connectivity index (χ4v) is 7.05. The molecule has 13 heteroatoms. The molecular formula is C33H43N7O5S. The largest absolute Gasteiger partial charge is 0.443 e. The number of nitrogens with one attached hydrogen (secondary N) is 3. The van der Waals surface area contributed by atoms with Crippen LogP contribution >= 0.6 is 11.3 Å². The number of rotatable bonds is 4. The Bertz CT molecular complexity index is 1550. The first kappa shape index (κ1) is 33.3. The first-order chi connectivity index (χ1) is 22.0. The molecule has 246 valence electrons. The minimum Gasteiger partial charge on any atom is -0.443 e. The van der Waals surface area contributed by atoms with Gasteiger partial charge in [-0.2, -0.15) is 0 Å². The van der Waals surface area contributed by atoms with Gasteiger partial charge in [0, 0.05) is 37.9 Å². The second kappa shape index (κ2) is 14.5. The van der Waals surface area contributed by atoms with Crippen LogP contribution < -0.4 is 21.7 Å². The smallest absolute Gasteiger partial charge is 0.274 e. The van der Waals surface area contributed by atoms with Gasteiger partial charge in [0.05, 0.1) is 11.6 Å². The van der Waals surface area contributed by atoms with Gasteiger partial charge in [-0.05, 0) is 37.7 Å². The monoisotopic (exact) mass is 649 g/mol. The van der Waals surface area contributed by atoms with E-state index in [1.54, 1.807) is 17.2 Å². The second-order valence-corrected chi connectivity index (χ2v) is 13.4. The highest BCUT2D eigenvalue weighted by molar-refractivity contribution is 7.09. The maximum Gasteiger partial charge on any atom is 0.274 e. The highest BCUT2D eigenvalue weighted by Crippen LogP contribution is 2.30. The molecule has 2 aliphatic rings. The summed E-state index contributed by atoms with van der Waals surface area (Å²) in [7, 11) is 0. The van der Waals surface area contributed by atoms with Crippen molar-refractivity contribution in [3.05, 3.63) is 69.3 Å².